The molecule has 0 aliphatic carbocycles. The molecular formula is C18H22N4O. The van der Waals surface area contributed by atoms with E-state index in [0.717, 1.165) is 63.1 Å². The van der Waals surface area contributed by atoms with Crippen LogP contribution in [0.1, 0.15) is 17.7 Å². The number of nitrogens with zero attached hydrogens (tertiary/aromatic N) is 4. The highest BCUT2D eigenvalue weighted by atomic mass is 16.5. The highest BCUT2D eigenvalue weighted by Gasteiger charge is 2.22. The fourth-order valence-corrected chi connectivity index (χ4v) is 3.35. The standard InChI is InChI=1S/C18H22N4O/c1-14-13-17(21-9-11-23-12-10-21)20-18(19-14)22-8-4-6-15-5-2-3-7-16(15)22/h2-3,5,7,13H,4,6,8-12H2,1H3. The second-order valence-corrected chi connectivity index (χ2v) is 6.15. The van der Waals surface area contributed by atoms with Gasteiger partial charge in [-0.15, -0.1) is 0 Å². The molecule has 0 spiro atoms. The summed E-state index contributed by atoms with van der Waals surface area (Å²) in [6.45, 7) is 6.35. The monoisotopic (exact) mass is 310 g/mol. The fraction of sp³-hybridized carbons (Fsp3) is 0.444. The second kappa shape index (κ2) is 6.16. The number of fused-ring (bicyclic) bond motifs is 1. The Morgan fingerprint density at radius 2 is 1.87 bits per heavy atom. The van der Waals surface area contributed by atoms with E-state index in [1.54, 1.807) is 0 Å². The van der Waals surface area contributed by atoms with Crippen LogP contribution in [0.2, 0.25) is 0 Å². The van der Waals surface area contributed by atoms with Crippen molar-refractivity contribution in [3.8, 4) is 0 Å². The van der Waals surface area contributed by atoms with Crippen LogP contribution in [0.15, 0.2) is 30.3 Å². The molecule has 2 aliphatic rings. The van der Waals surface area contributed by atoms with Gasteiger partial charge < -0.3 is 14.5 Å². The summed E-state index contributed by atoms with van der Waals surface area (Å²) in [5.74, 6) is 1.83. The molecule has 1 fully saturated rings. The molecule has 0 unspecified atom stereocenters. The Kier molecular flexibility index (Phi) is 3.87. The molecule has 5 heteroatoms. The van der Waals surface area contributed by atoms with Gasteiger partial charge in [-0.05, 0) is 31.4 Å². The van der Waals surface area contributed by atoms with Gasteiger partial charge in [-0.25, -0.2) is 4.98 Å². The molecule has 3 heterocycles. The van der Waals surface area contributed by atoms with Crippen molar-refractivity contribution in [2.45, 2.75) is 19.8 Å². The summed E-state index contributed by atoms with van der Waals surface area (Å²) in [6, 6.07) is 10.7. The minimum Gasteiger partial charge on any atom is -0.378 e. The van der Waals surface area contributed by atoms with Crippen LogP contribution in [0.3, 0.4) is 0 Å². The van der Waals surface area contributed by atoms with Crippen LogP contribution in [-0.2, 0) is 11.2 Å². The SMILES string of the molecule is Cc1cc(N2CCOCC2)nc(N2CCCc3ccccc32)n1. The Labute approximate surface area is 136 Å². The predicted molar refractivity (Wildman–Crippen MR) is 91.6 cm³/mol. The Hall–Kier alpha value is -2.14. The first-order chi connectivity index (χ1) is 11.3. The van der Waals surface area contributed by atoms with E-state index in [4.69, 9.17) is 14.7 Å². The van der Waals surface area contributed by atoms with E-state index in [1.807, 2.05) is 6.92 Å². The maximum atomic E-state index is 5.45. The van der Waals surface area contributed by atoms with Gasteiger partial charge in [0.2, 0.25) is 5.95 Å². The largest absolute Gasteiger partial charge is 0.378 e. The van der Waals surface area contributed by atoms with E-state index in [2.05, 4.69) is 40.1 Å². The van der Waals surface area contributed by atoms with Crippen LogP contribution in [0.25, 0.3) is 0 Å². The lowest BCUT2D eigenvalue weighted by Gasteiger charge is -2.32. The first kappa shape index (κ1) is 14.5. The zero-order valence-corrected chi connectivity index (χ0v) is 13.5. The Balaban J connectivity index is 1.71. The van der Waals surface area contributed by atoms with E-state index in [-0.39, 0.29) is 0 Å². The lowest BCUT2D eigenvalue weighted by Crippen LogP contribution is -2.37. The maximum absolute atomic E-state index is 5.45. The van der Waals surface area contributed by atoms with E-state index in [0.29, 0.717) is 0 Å². The van der Waals surface area contributed by atoms with Gasteiger partial charge in [0.05, 0.1) is 13.2 Å². The van der Waals surface area contributed by atoms with Crippen molar-refractivity contribution in [3.63, 3.8) is 0 Å². The highest BCUT2D eigenvalue weighted by molar-refractivity contribution is 5.64. The van der Waals surface area contributed by atoms with Crippen LogP contribution < -0.4 is 9.80 Å². The van der Waals surface area contributed by atoms with Gasteiger partial charge in [0.25, 0.3) is 0 Å². The summed E-state index contributed by atoms with van der Waals surface area (Å²) in [7, 11) is 0. The molecule has 5 nitrogen and oxygen atoms in total. The topological polar surface area (TPSA) is 41.5 Å². The molecule has 4 rings (SSSR count). The number of aryl methyl sites for hydroxylation is 2. The third kappa shape index (κ3) is 2.88. The van der Waals surface area contributed by atoms with Gasteiger partial charge in [0, 0.05) is 37.1 Å². The third-order valence-corrected chi connectivity index (χ3v) is 4.52. The Morgan fingerprint density at radius 3 is 2.74 bits per heavy atom. The minimum atomic E-state index is 0.769. The number of aromatic nitrogens is 2. The molecule has 2 aliphatic heterocycles. The van der Waals surface area contributed by atoms with Crippen molar-refractivity contribution in [2.75, 3.05) is 42.6 Å². The van der Waals surface area contributed by atoms with Crippen LogP contribution in [0, 0.1) is 6.92 Å². The second-order valence-electron chi connectivity index (χ2n) is 6.15. The number of rotatable bonds is 2. The molecule has 0 atom stereocenters. The number of ether oxygens (including phenoxy) is 1. The minimum absolute atomic E-state index is 0.769. The summed E-state index contributed by atoms with van der Waals surface area (Å²) in [4.78, 5) is 14.1. The molecule has 0 amide bonds. The predicted octanol–water partition coefficient (Wildman–Crippen LogP) is 2.71. The van der Waals surface area contributed by atoms with E-state index >= 15 is 0 Å². The maximum Gasteiger partial charge on any atom is 0.232 e. The molecule has 0 saturated carbocycles. The van der Waals surface area contributed by atoms with Gasteiger partial charge in [0.15, 0.2) is 0 Å². The van der Waals surface area contributed by atoms with Gasteiger partial charge >= 0.3 is 0 Å². The van der Waals surface area contributed by atoms with Gasteiger partial charge in [-0.3, -0.25) is 0 Å². The third-order valence-electron chi connectivity index (χ3n) is 4.52. The van der Waals surface area contributed by atoms with E-state index < -0.39 is 0 Å². The first-order valence-corrected chi connectivity index (χ1v) is 8.35. The van der Waals surface area contributed by atoms with Crippen LogP contribution in [0.4, 0.5) is 17.5 Å². The number of anilines is 3. The number of benzene rings is 1. The summed E-state index contributed by atoms with van der Waals surface area (Å²) < 4.78 is 5.45. The summed E-state index contributed by atoms with van der Waals surface area (Å²) in [5.41, 5.74) is 3.65. The zero-order valence-electron chi connectivity index (χ0n) is 13.5. The average Bonchev–Trinajstić information content (AvgIpc) is 2.61. The van der Waals surface area contributed by atoms with Gasteiger partial charge in [-0.2, -0.15) is 4.98 Å². The quantitative estimate of drug-likeness (QED) is 0.853. The summed E-state index contributed by atoms with van der Waals surface area (Å²) in [6.07, 6.45) is 2.27. The summed E-state index contributed by atoms with van der Waals surface area (Å²) in [5, 5.41) is 0. The van der Waals surface area contributed by atoms with Crippen LogP contribution >= 0.6 is 0 Å². The number of hydrogen-bond acceptors (Lipinski definition) is 5. The van der Waals surface area contributed by atoms with Crippen LogP contribution in [0.5, 0.6) is 0 Å². The molecule has 0 radical (unpaired) electrons. The fourth-order valence-electron chi connectivity index (χ4n) is 3.35. The lowest BCUT2D eigenvalue weighted by molar-refractivity contribution is 0.122. The number of morpholine rings is 1. The molecule has 1 aromatic carbocycles. The number of hydrogen-bond donors (Lipinski definition) is 0. The summed E-state index contributed by atoms with van der Waals surface area (Å²) >= 11 is 0. The zero-order chi connectivity index (χ0) is 15.6. The van der Waals surface area contributed by atoms with Crippen molar-refractivity contribution in [3.05, 3.63) is 41.6 Å². The normalized spacial score (nSPS) is 18.0. The van der Waals surface area contributed by atoms with Crippen molar-refractivity contribution in [1.82, 2.24) is 9.97 Å². The lowest BCUT2D eigenvalue weighted by atomic mass is 10.0. The van der Waals surface area contributed by atoms with Crippen LogP contribution in [-0.4, -0.2) is 42.8 Å². The average molecular weight is 310 g/mol. The van der Waals surface area contributed by atoms with Gasteiger partial charge in [0.1, 0.15) is 5.82 Å². The molecular weight excluding hydrogens is 288 g/mol. The van der Waals surface area contributed by atoms with Crippen molar-refractivity contribution < 1.29 is 4.74 Å². The molecule has 2 aromatic rings. The van der Waals surface area contributed by atoms with Crippen molar-refractivity contribution in [1.29, 1.82) is 0 Å². The van der Waals surface area contributed by atoms with Crippen molar-refractivity contribution >= 4 is 17.5 Å². The Bertz CT molecular complexity index is 697. The van der Waals surface area contributed by atoms with E-state index in [1.165, 1.54) is 11.3 Å². The molecule has 1 aromatic heterocycles. The molecule has 0 N–H and O–H groups in total. The van der Waals surface area contributed by atoms with Gasteiger partial charge in [-0.1, -0.05) is 18.2 Å². The smallest absolute Gasteiger partial charge is 0.232 e. The number of para-hydroxylation sites is 1. The van der Waals surface area contributed by atoms with Crippen molar-refractivity contribution in [2.24, 2.45) is 0 Å². The molecule has 23 heavy (non-hydrogen) atoms. The molecule has 120 valence electrons. The highest BCUT2D eigenvalue weighted by Crippen LogP contribution is 2.32. The van der Waals surface area contributed by atoms with E-state index in [9.17, 15) is 0 Å². The Morgan fingerprint density at radius 1 is 1.04 bits per heavy atom. The molecule has 1 saturated heterocycles. The molecule has 0 bridgehead atoms. The first-order valence-electron chi connectivity index (χ1n) is 8.35.